The van der Waals surface area contributed by atoms with Gasteiger partial charge in [-0.05, 0) is 45.6 Å². The van der Waals surface area contributed by atoms with Crippen molar-refractivity contribution in [3.05, 3.63) is 0 Å². The van der Waals surface area contributed by atoms with E-state index in [2.05, 4.69) is 10.2 Å². The highest BCUT2D eigenvalue weighted by Crippen LogP contribution is 2.32. The van der Waals surface area contributed by atoms with Gasteiger partial charge in [0.2, 0.25) is 5.91 Å². The van der Waals surface area contributed by atoms with Crippen molar-refractivity contribution < 1.29 is 14.4 Å². The Morgan fingerprint density at radius 1 is 1.12 bits per heavy atom. The molecule has 0 aromatic carbocycles. The number of nitrogens with one attached hydrogen (secondary N) is 1. The number of hydrogen-bond donors (Lipinski definition) is 1. The zero-order valence-electron chi connectivity index (χ0n) is 16.3. The van der Waals surface area contributed by atoms with Crippen molar-refractivity contribution in [3.63, 3.8) is 0 Å². The maximum Gasteiger partial charge on any atom is 0.325 e. The van der Waals surface area contributed by atoms with Crippen molar-refractivity contribution in [1.29, 1.82) is 0 Å². The molecule has 4 amide bonds. The Bertz CT molecular complexity index is 559. The van der Waals surface area contributed by atoms with Gasteiger partial charge in [0.05, 0.1) is 0 Å². The molecule has 3 rings (SSSR count). The number of nitrogens with zero attached hydrogens (tertiary/aromatic N) is 3. The predicted octanol–water partition coefficient (Wildman–Crippen LogP) is 1.43. The molecule has 0 saturated carbocycles. The number of piperidine rings is 2. The smallest absolute Gasteiger partial charge is 0.325 e. The van der Waals surface area contributed by atoms with Crippen molar-refractivity contribution in [2.45, 2.75) is 64.0 Å². The van der Waals surface area contributed by atoms with E-state index in [4.69, 9.17) is 0 Å². The zero-order valence-corrected chi connectivity index (χ0v) is 16.3. The largest absolute Gasteiger partial charge is 0.342 e. The molecule has 3 fully saturated rings. The van der Waals surface area contributed by atoms with Crippen LogP contribution in [0.2, 0.25) is 0 Å². The average Bonchev–Trinajstić information content (AvgIpc) is 2.89. The van der Waals surface area contributed by atoms with E-state index < -0.39 is 5.54 Å². The number of amides is 4. The molecule has 3 saturated heterocycles. The number of urea groups is 1. The summed E-state index contributed by atoms with van der Waals surface area (Å²) in [5, 5.41) is 2.99. The van der Waals surface area contributed by atoms with E-state index >= 15 is 0 Å². The van der Waals surface area contributed by atoms with E-state index in [-0.39, 0.29) is 29.8 Å². The first kappa shape index (κ1) is 19.1. The lowest BCUT2D eigenvalue weighted by molar-refractivity contribution is -0.138. The second-order valence-electron chi connectivity index (χ2n) is 8.06. The summed E-state index contributed by atoms with van der Waals surface area (Å²) < 4.78 is 0. The van der Waals surface area contributed by atoms with E-state index in [9.17, 15) is 14.4 Å². The molecule has 3 aliphatic rings. The number of imide groups is 1. The molecule has 0 unspecified atom stereocenters. The summed E-state index contributed by atoms with van der Waals surface area (Å²) in [6.45, 7) is 7.00. The molecule has 7 heteroatoms. The van der Waals surface area contributed by atoms with Gasteiger partial charge in [0.25, 0.3) is 5.91 Å². The van der Waals surface area contributed by atoms with Gasteiger partial charge in [-0.25, -0.2) is 4.79 Å². The lowest BCUT2D eigenvalue weighted by Crippen LogP contribution is -2.55. The third-order valence-electron chi connectivity index (χ3n) is 6.51. The summed E-state index contributed by atoms with van der Waals surface area (Å²) in [5.41, 5.74) is -0.702. The van der Waals surface area contributed by atoms with Crippen LogP contribution in [0.25, 0.3) is 0 Å². The Balaban J connectivity index is 1.62. The maximum absolute atomic E-state index is 13.1. The summed E-state index contributed by atoms with van der Waals surface area (Å²) in [6, 6.07) is -0.336. The van der Waals surface area contributed by atoms with E-state index in [1.165, 1.54) is 4.90 Å². The minimum Gasteiger partial charge on any atom is -0.342 e. The summed E-state index contributed by atoms with van der Waals surface area (Å²) in [5.74, 6) is 0.253. The summed E-state index contributed by atoms with van der Waals surface area (Å²) in [6.07, 6.45) is 4.44. The van der Waals surface area contributed by atoms with Crippen molar-refractivity contribution >= 4 is 17.8 Å². The van der Waals surface area contributed by atoms with Crippen molar-refractivity contribution in [2.75, 3.05) is 33.2 Å². The van der Waals surface area contributed by atoms with E-state index in [1.54, 1.807) is 0 Å². The van der Waals surface area contributed by atoms with Crippen LogP contribution in [0.3, 0.4) is 0 Å². The third kappa shape index (κ3) is 3.33. The molecule has 0 aromatic rings. The first-order chi connectivity index (χ1) is 12.4. The normalized spacial score (nSPS) is 24.6. The molecular weight excluding hydrogens is 332 g/mol. The molecule has 26 heavy (non-hydrogen) atoms. The van der Waals surface area contributed by atoms with Crippen molar-refractivity contribution in [3.8, 4) is 0 Å². The van der Waals surface area contributed by atoms with Crippen LogP contribution in [0, 0.1) is 5.92 Å². The molecule has 1 spiro atoms. The maximum atomic E-state index is 13.1. The van der Waals surface area contributed by atoms with Gasteiger partial charge in [0.1, 0.15) is 5.54 Å². The van der Waals surface area contributed by atoms with Crippen LogP contribution in [0.15, 0.2) is 0 Å². The van der Waals surface area contributed by atoms with E-state index in [1.807, 2.05) is 25.8 Å². The molecule has 0 bridgehead atoms. The molecular formula is C19H32N4O3. The Labute approximate surface area is 156 Å². The number of hydrogen-bond acceptors (Lipinski definition) is 4. The first-order valence-corrected chi connectivity index (χ1v) is 10.0. The fourth-order valence-electron chi connectivity index (χ4n) is 4.55. The quantitative estimate of drug-likeness (QED) is 0.766. The van der Waals surface area contributed by atoms with Gasteiger partial charge in [-0.1, -0.05) is 13.8 Å². The molecule has 0 aliphatic carbocycles. The fraction of sp³-hybridized carbons (Fsp3) is 0.842. The molecule has 0 aromatic heterocycles. The van der Waals surface area contributed by atoms with Gasteiger partial charge in [0.15, 0.2) is 0 Å². The Morgan fingerprint density at radius 3 is 2.23 bits per heavy atom. The molecule has 0 atom stereocenters. The predicted molar refractivity (Wildman–Crippen MR) is 98.5 cm³/mol. The monoisotopic (exact) mass is 364 g/mol. The van der Waals surface area contributed by atoms with Crippen LogP contribution in [0.1, 0.15) is 52.4 Å². The number of likely N-dealkylation sites (tertiary alicyclic amines) is 2. The standard InChI is InChI=1S/C19H32N4O3/c1-4-14(5-2)16(24)22-10-6-15(7-11-22)23-17(25)19(20-18(23)26)8-12-21(3)13-9-19/h14-15H,4-13H2,1-3H3,(H,20,26). The van der Waals surface area contributed by atoms with Gasteiger partial charge in [-0.15, -0.1) is 0 Å². The van der Waals surface area contributed by atoms with Crippen LogP contribution in [0.4, 0.5) is 4.79 Å². The molecule has 1 N–H and O–H groups in total. The Morgan fingerprint density at radius 2 is 1.69 bits per heavy atom. The lowest BCUT2D eigenvalue weighted by atomic mass is 9.87. The second-order valence-corrected chi connectivity index (χ2v) is 8.06. The van der Waals surface area contributed by atoms with Gasteiger partial charge in [-0.3, -0.25) is 14.5 Å². The van der Waals surface area contributed by atoms with Crippen LogP contribution < -0.4 is 5.32 Å². The van der Waals surface area contributed by atoms with Crippen molar-refractivity contribution in [2.24, 2.45) is 5.92 Å². The molecule has 3 heterocycles. The van der Waals surface area contributed by atoms with Crippen LogP contribution in [0.5, 0.6) is 0 Å². The summed E-state index contributed by atoms with van der Waals surface area (Å²) >= 11 is 0. The van der Waals surface area contributed by atoms with Gasteiger partial charge >= 0.3 is 6.03 Å². The molecule has 0 radical (unpaired) electrons. The summed E-state index contributed by atoms with van der Waals surface area (Å²) in [4.78, 5) is 43.7. The average molecular weight is 364 g/mol. The second kappa shape index (κ2) is 7.55. The van der Waals surface area contributed by atoms with Gasteiger partial charge in [0, 0.05) is 38.1 Å². The zero-order chi connectivity index (χ0) is 18.9. The highest BCUT2D eigenvalue weighted by Gasteiger charge is 2.54. The van der Waals surface area contributed by atoms with Crippen LogP contribution in [-0.2, 0) is 9.59 Å². The highest BCUT2D eigenvalue weighted by molar-refractivity contribution is 6.07. The Kier molecular flexibility index (Phi) is 5.55. The minimum atomic E-state index is -0.702. The number of carbonyl (C=O) groups is 3. The lowest BCUT2D eigenvalue weighted by Gasteiger charge is -2.38. The molecule has 7 nitrogen and oxygen atoms in total. The van der Waals surface area contributed by atoms with Gasteiger partial charge in [-0.2, -0.15) is 0 Å². The third-order valence-corrected chi connectivity index (χ3v) is 6.51. The SMILES string of the molecule is CCC(CC)C(=O)N1CCC(N2C(=O)NC3(CCN(C)CC3)C2=O)CC1. The highest BCUT2D eigenvalue weighted by atomic mass is 16.2. The number of rotatable bonds is 4. The van der Waals surface area contributed by atoms with Crippen LogP contribution in [-0.4, -0.2) is 77.4 Å². The molecule has 3 aliphatic heterocycles. The van der Waals surface area contributed by atoms with Crippen molar-refractivity contribution in [1.82, 2.24) is 20.0 Å². The van der Waals surface area contributed by atoms with E-state index in [0.717, 1.165) is 25.9 Å². The first-order valence-electron chi connectivity index (χ1n) is 10.0. The summed E-state index contributed by atoms with van der Waals surface area (Å²) in [7, 11) is 2.04. The fourth-order valence-corrected chi connectivity index (χ4v) is 4.55. The van der Waals surface area contributed by atoms with Gasteiger partial charge < -0.3 is 15.1 Å². The van der Waals surface area contributed by atoms with E-state index in [0.29, 0.717) is 38.8 Å². The minimum absolute atomic E-state index is 0.0552. The molecule has 146 valence electrons. The Hall–Kier alpha value is -1.63. The van der Waals surface area contributed by atoms with Crippen LogP contribution >= 0.6 is 0 Å². The topological polar surface area (TPSA) is 73.0 Å². The number of carbonyl (C=O) groups excluding carboxylic acids is 3.